The van der Waals surface area contributed by atoms with E-state index < -0.39 is 0 Å². The van der Waals surface area contributed by atoms with Crippen LogP contribution in [0.3, 0.4) is 0 Å². The van der Waals surface area contributed by atoms with Crippen molar-refractivity contribution in [3.8, 4) is 0 Å². The average molecular weight is 458 g/mol. The lowest BCUT2D eigenvalue weighted by atomic mass is 9.88. The van der Waals surface area contributed by atoms with Crippen LogP contribution in [-0.4, -0.2) is 41.6 Å². The Hall–Kier alpha value is -2.92. The van der Waals surface area contributed by atoms with E-state index in [0.29, 0.717) is 17.6 Å². The summed E-state index contributed by atoms with van der Waals surface area (Å²) in [6.07, 6.45) is 7.98. The number of nitrogens with one attached hydrogen (secondary N) is 1. The molecule has 0 radical (unpaired) electrons. The Kier molecular flexibility index (Phi) is 7.40. The quantitative estimate of drug-likeness (QED) is 0.491. The van der Waals surface area contributed by atoms with Crippen LogP contribution in [0.4, 0.5) is 0 Å². The first kappa shape index (κ1) is 22.9. The van der Waals surface area contributed by atoms with E-state index in [4.69, 9.17) is 4.52 Å². The standard InChI is InChI=1S/C29H35N3O2/c33-29(30-25-16-8-3-9-17-25)28-19-27(31-34-28)24-15-10-18-32(20-24)21-26(22-11-4-1-5-12-22)23-13-6-2-7-14-23/h1-2,4-7,11-14,19,24-26H,3,8-10,15-18,20-21H2,(H,30,33)/t24-/m0/s1. The number of carbonyl (C=O) groups excluding carboxylic acids is 1. The molecule has 2 aromatic carbocycles. The van der Waals surface area contributed by atoms with E-state index in [0.717, 1.165) is 51.0 Å². The lowest BCUT2D eigenvalue weighted by molar-refractivity contribution is 0.0890. The summed E-state index contributed by atoms with van der Waals surface area (Å²) < 4.78 is 5.50. The molecule has 0 spiro atoms. The van der Waals surface area contributed by atoms with Gasteiger partial charge in [0.2, 0.25) is 5.76 Å². The van der Waals surface area contributed by atoms with Crippen LogP contribution < -0.4 is 5.32 Å². The highest BCUT2D eigenvalue weighted by molar-refractivity contribution is 5.91. The smallest absolute Gasteiger partial charge is 0.290 e. The van der Waals surface area contributed by atoms with Crippen LogP contribution in [-0.2, 0) is 0 Å². The number of piperidine rings is 1. The average Bonchev–Trinajstić information content (AvgIpc) is 3.40. The Labute approximate surface area is 202 Å². The van der Waals surface area contributed by atoms with Gasteiger partial charge in [-0.25, -0.2) is 0 Å². The Morgan fingerprint density at radius 3 is 2.29 bits per heavy atom. The van der Waals surface area contributed by atoms with Gasteiger partial charge in [0.25, 0.3) is 5.91 Å². The first-order valence-corrected chi connectivity index (χ1v) is 12.9. The fraction of sp³-hybridized carbons (Fsp3) is 0.448. The maximum Gasteiger partial charge on any atom is 0.290 e. The molecule has 2 fully saturated rings. The first-order valence-electron chi connectivity index (χ1n) is 12.9. The number of amides is 1. The van der Waals surface area contributed by atoms with E-state index in [1.807, 2.05) is 6.07 Å². The normalized spacial score (nSPS) is 19.9. The second kappa shape index (κ2) is 11.0. The van der Waals surface area contributed by atoms with Gasteiger partial charge in [-0.15, -0.1) is 0 Å². The Bertz CT molecular complexity index is 1000. The van der Waals surface area contributed by atoms with Crippen LogP contribution >= 0.6 is 0 Å². The van der Waals surface area contributed by atoms with Crippen LogP contribution in [0.2, 0.25) is 0 Å². The van der Waals surface area contributed by atoms with Crippen molar-refractivity contribution >= 4 is 5.91 Å². The molecule has 0 bridgehead atoms. The fourth-order valence-corrected chi connectivity index (χ4v) is 5.59. The predicted octanol–water partition coefficient (Wildman–Crippen LogP) is 5.75. The maximum atomic E-state index is 12.7. The molecule has 3 aromatic rings. The van der Waals surface area contributed by atoms with Gasteiger partial charge in [0.15, 0.2) is 0 Å². The lowest BCUT2D eigenvalue weighted by Crippen LogP contribution is -2.37. The van der Waals surface area contributed by atoms with Gasteiger partial charge in [0.05, 0.1) is 5.69 Å². The molecule has 5 nitrogen and oxygen atoms in total. The zero-order chi connectivity index (χ0) is 23.2. The number of hydrogen-bond acceptors (Lipinski definition) is 4. The molecule has 1 saturated heterocycles. The Balaban J connectivity index is 1.25. The van der Waals surface area contributed by atoms with Gasteiger partial charge in [-0.3, -0.25) is 4.79 Å². The molecule has 34 heavy (non-hydrogen) atoms. The second-order valence-corrected chi connectivity index (χ2v) is 9.90. The van der Waals surface area contributed by atoms with Gasteiger partial charge in [-0.1, -0.05) is 85.1 Å². The summed E-state index contributed by atoms with van der Waals surface area (Å²) in [4.78, 5) is 15.2. The summed E-state index contributed by atoms with van der Waals surface area (Å²) in [6.45, 7) is 2.99. The SMILES string of the molecule is O=C(NC1CCCCC1)c1cc([C@H]2CCCN(CC(c3ccccc3)c3ccccc3)C2)no1. The molecule has 2 heterocycles. The zero-order valence-electron chi connectivity index (χ0n) is 19.9. The molecule has 178 valence electrons. The molecule has 1 amide bonds. The monoisotopic (exact) mass is 457 g/mol. The van der Waals surface area contributed by atoms with Gasteiger partial charge in [-0.2, -0.15) is 0 Å². The van der Waals surface area contributed by atoms with E-state index in [9.17, 15) is 4.79 Å². The van der Waals surface area contributed by atoms with E-state index in [1.165, 1.54) is 30.4 Å². The van der Waals surface area contributed by atoms with Gasteiger partial charge >= 0.3 is 0 Å². The molecular weight excluding hydrogens is 422 g/mol. The Morgan fingerprint density at radius 1 is 0.941 bits per heavy atom. The minimum absolute atomic E-state index is 0.119. The number of nitrogens with zero attached hydrogens (tertiary/aromatic N) is 2. The van der Waals surface area contributed by atoms with E-state index >= 15 is 0 Å². The van der Waals surface area contributed by atoms with Crippen molar-refractivity contribution in [1.82, 2.24) is 15.4 Å². The molecule has 1 aliphatic carbocycles. The van der Waals surface area contributed by atoms with Crippen molar-refractivity contribution in [1.29, 1.82) is 0 Å². The molecule has 2 aliphatic rings. The Morgan fingerprint density at radius 2 is 1.62 bits per heavy atom. The zero-order valence-corrected chi connectivity index (χ0v) is 19.9. The number of benzene rings is 2. The third kappa shape index (κ3) is 5.58. The topological polar surface area (TPSA) is 58.4 Å². The fourth-order valence-electron chi connectivity index (χ4n) is 5.59. The molecule has 0 unspecified atom stereocenters. The van der Waals surface area contributed by atoms with Crippen molar-refractivity contribution in [2.75, 3.05) is 19.6 Å². The molecule has 1 saturated carbocycles. The molecule has 5 rings (SSSR count). The molecule has 1 aromatic heterocycles. The predicted molar refractivity (Wildman–Crippen MR) is 134 cm³/mol. The summed E-state index contributed by atoms with van der Waals surface area (Å²) >= 11 is 0. The van der Waals surface area contributed by atoms with Gasteiger partial charge < -0.3 is 14.7 Å². The largest absolute Gasteiger partial charge is 0.351 e. The van der Waals surface area contributed by atoms with Gasteiger partial charge in [0, 0.05) is 37.0 Å². The van der Waals surface area contributed by atoms with Crippen LogP contribution in [0.15, 0.2) is 71.3 Å². The summed E-state index contributed by atoms with van der Waals surface area (Å²) in [5, 5.41) is 7.46. The van der Waals surface area contributed by atoms with Gasteiger partial charge in [-0.05, 0) is 43.4 Å². The number of rotatable bonds is 7. The van der Waals surface area contributed by atoms with Crippen molar-refractivity contribution in [2.45, 2.75) is 62.8 Å². The summed E-state index contributed by atoms with van der Waals surface area (Å²) in [5.41, 5.74) is 3.60. The molecule has 1 N–H and O–H groups in total. The highest BCUT2D eigenvalue weighted by Crippen LogP contribution is 2.31. The molecule has 1 atom stereocenters. The third-order valence-electron chi connectivity index (χ3n) is 7.46. The second-order valence-electron chi connectivity index (χ2n) is 9.90. The highest BCUT2D eigenvalue weighted by atomic mass is 16.5. The maximum absolute atomic E-state index is 12.7. The van der Waals surface area contributed by atoms with Crippen LogP contribution in [0.25, 0.3) is 0 Å². The van der Waals surface area contributed by atoms with Gasteiger partial charge in [0.1, 0.15) is 0 Å². The molecular formula is C29H35N3O2. The van der Waals surface area contributed by atoms with Crippen molar-refractivity contribution in [3.63, 3.8) is 0 Å². The number of aromatic nitrogens is 1. The van der Waals surface area contributed by atoms with Crippen molar-refractivity contribution in [2.24, 2.45) is 0 Å². The first-order chi connectivity index (χ1) is 16.8. The number of likely N-dealkylation sites (tertiary alicyclic amines) is 1. The minimum atomic E-state index is -0.119. The summed E-state index contributed by atoms with van der Waals surface area (Å²) in [7, 11) is 0. The third-order valence-corrected chi connectivity index (χ3v) is 7.46. The van der Waals surface area contributed by atoms with Crippen LogP contribution in [0.1, 0.15) is 84.2 Å². The minimum Gasteiger partial charge on any atom is -0.351 e. The lowest BCUT2D eigenvalue weighted by Gasteiger charge is -2.34. The summed E-state index contributed by atoms with van der Waals surface area (Å²) in [6, 6.07) is 23.7. The summed E-state index contributed by atoms with van der Waals surface area (Å²) in [5.74, 6) is 0.854. The number of carbonyl (C=O) groups is 1. The van der Waals surface area contributed by atoms with Crippen molar-refractivity contribution < 1.29 is 9.32 Å². The van der Waals surface area contributed by atoms with E-state index in [2.05, 4.69) is 76.0 Å². The van der Waals surface area contributed by atoms with Crippen LogP contribution in [0.5, 0.6) is 0 Å². The molecule has 5 heteroatoms. The van der Waals surface area contributed by atoms with Crippen LogP contribution in [0, 0.1) is 0 Å². The highest BCUT2D eigenvalue weighted by Gasteiger charge is 2.28. The van der Waals surface area contributed by atoms with E-state index in [-0.39, 0.29) is 11.9 Å². The molecule has 1 aliphatic heterocycles. The van der Waals surface area contributed by atoms with E-state index in [1.54, 1.807) is 0 Å². The van der Waals surface area contributed by atoms with Crippen molar-refractivity contribution in [3.05, 3.63) is 89.3 Å². The number of hydrogen-bond donors (Lipinski definition) is 1.